The summed E-state index contributed by atoms with van der Waals surface area (Å²) >= 11 is 0. The Bertz CT molecular complexity index is 660. The Balaban J connectivity index is 1.44. The van der Waals surface area contributed by atoms with Crippen LogP contribution in [-0.4, -0.2) is 29.2 Å². The number of imide groups is 1. The molecule has 5 nitrogen and oxygen atoms in total. The molecule has 0 spiro atoms. The Labute approximate surface area is 132 Å². The number of likely N-dealkylation sites (tertiary alicyclic amines) is 1. The fourth-order valence-electron chi connectivity index (χ4n) is 4.50. The Hall–Kier alpha value is -2.24. The van der Waals surface area contributed by atoms with Crippen molar-refractivity contribution in [2.24, 2.45) is 23.7 Å². The quantitative estimate of drug-likeness (QED) is 0.865. The van der Waals surface area contributed by atoms with Gasteiger partial charge in [-0.1, -0.05) is 0 Å². The summed E-state index contributed by atoms with van der Waals surface area (Å²) in [5.41, 5.74) is 0.441. The third-order valence-electron chi connectivity index (χ3n) is 5.45. The molecular formula is C17H17FN2O3. The van der Waals surface area contributed by atoms with Gasteiger partial charge in [-0.2, -0.15) is 0 Å². The van der Waals surface area contributed by atoms with E-state index in [4.69, 9.17) is 0 Å². The van der Waals surface area contributed by atoms with Gasteiger partial charge in [0.1, 0.15) is 12.4 Å². The molecule has 1 saturated heterocycles. The van der Waals surface area contributed by atoms with E-state index in [1.165, 1.54) is 24.3 Å². The first-order valence-corrected chi connectivity index (χ1v) is 7.95. The molecular weight excluding hydrogens is 299 g/mol. The van der Waals surface area contributed by atoms with Gasteiger partial charge in [0.05, 0.1) is 11.8 Å². The van der Waals surface area contributed by atoms with E-state index < -0.39 is 11.7 Å². The first kappa shape index (κ1) is 14.4. The van der Waals surface area contributed by atoms with E-state index >= 15 is 0 Å². The normalized spacial score (nSPS) is 31.6. The van der Waals surface area contributed by atoms with Crippen molar-refractivity contribution in [3.8, 4) is 0 Å². The monoisotopic (exact) mass is 316 g/mol. The van der Waals surface area contributed by atoms with E-state index in [0.717, 1.165) is 24.2 Å². The number of benzene rings is 1. The van der Waals surface area contributed by atoms with E-state index in [2.05, 4.69) is 5.32 Å². The summed E-state index contributed by atoms with van der Waals surface area (Å²) in [5.74, 6) is -1.01. The highest BCUT2D eigenvalue weighted by atomic mass is 19.1. The number of carbonyl (C=O) groups excluding carboxylic acids is 3. The largest absolute Gasteiger partial charge is 0.325 e. The lowest BCUT2D eigenvalue weighted by Crippen LogP contribution is -2.39. The third-order valence-corrected chi connectivity index (χ3v) is 5.45. The molecule has 0 aromatic heterocycles. The average Bonchev–Trinajstić information content (AvgIpc) is 3.19. The summed E-state index contributed by atoms with van der Waals surface area (Å²) in [4.78, 5) is 38.2. The maximum absolute atomic E-state index is 12.9. The van der Waals surface area contributed by atoms with Gasteiger partial charge in [-0.3, -0.25) is 19.3 Å². The van der Waals surface area contributed by atoms with E-state index in [1.807, 2.05) is 0 Å². The first-order chi connectivity index (χ1) is 11.0. The second-order valence-corrected chi connectivity index (χ2v) is 6.70. The SMILES string of the molecule is O=C(CN1C(=O)[C@@H]2[C@H]3CC[C@@H](C3)[C@@H]2C1=O)Nc1ccc(F)cc1. The Morgan fingerprint density at radius 3 is 2.22 bits per heavy atom. The standard InChI is InChI=1S/C17H17FN2O3/c18-11-3-5-12(6-4-11)19-13(21)8-20-16(22)14-9-1-2-10(7-9)15(14)17(20)23/h3-6,9-10,14-15H,1-2,7-8H2,(H,19,21)/t9-,10-,14-,15+/m0/s1. The molecule has 3 amide bonds. The lowest BCUT2D eigenvalue weighted by atomic mass is 9.81. The fraction of sp³-hybridized carbons (Fsp3) is 0.471. The van der Waals surface area contributed by atoms with Crippen molar-refractivity contribution in [2.75, 3.05) is 11.9 Å². The van der Waals surface area contributed by atoms with Gasteiger partial charge >= 0.3 is 0 Å². The molecule has 3 fully saturated rings. The maximum Gasteiger partial charge on any atom is 0.244 e. The Morgan fingerprint density at radius 1 is 1.09 bits per heavy atom. The van der Waals surface area contributed by atoms with Crippen molar-refractivity contribution in [3.05, 3.63) is 30.1 Å². The number of amides is 3. The average molecular weight is 316 g/mol. The van der Waals surface area contributed by atoms with Crippen LogP contribution < -0.4 is 5.32 Å². The molecule has 120 valence electrons. The zero-order valence-electron chi connectivity index (χ0n) is 12.5. The Kier molecular flexibility index (Phi) is 3.21. The van der Waals surface area contributed by atoms with Crippen molar-refractivity contribution in [3.63, 3.8) is 0 Å². The fourth-order valence-corrected chi connectivity index (χ4v) is 4.50. The topological polar surface area (TPSA) is 66.5 Å². The second kappa shape index (κ2) is 5.15. The number of nitrogens with one attached hydrogen (secondary N) is 1. The van der Waals surface area contributed by atoms with Crippen LogP contribution in [0.15, 0.2) is 24.3 Å². The molecule has 1 N–H and O–H groups in total. The van der Waals surface area contributed by atoms with E-state index in [9.17, 15) is 18.8 Å². The van der Waals surface area contributed by atoms with Gasteiger partial charge in [0.15, 0.2) is 0 Å². The molecule has 2 saturated carbocycles. The van der Waals surface area contributed by atoms with Gasteiger partial charge in [0, 0.05) is 5.69 Å². The lowest BCUT2D eigenvalue weighted by Gasteiger charge is -2.19. The third kappa shape index (κ3) is 2.24. The van der Waals surface area contributed by atoms with Crippen molar-refractivity contribution in [1.82, 2.24) is 4.90 Å². The van der Waals surface area contributed by atoms with Crippen molar-refractivity contribution in [1.29, 1.82) is 0 Å². The van der Waals surface area contributed by atoms with Gasteiger partial charge in [0.25, 0.3) is 0 Å². The lowest BCUT2D eigenvalue weighted by molar-refractivity contribution is -0.143. The van der Waals surface area contributed by atoms with Crippen LogP contribution in [0.2, 0.25) is 0 Å². The summed E-state index contributed by atoms with van der Waals surface area (Å²) < 4.78 is 12.9. The highest BCUT2D eigenvalue weighted by molar-refractivity contribution is 6.09. The van der Waals surface area contributed by atoms with Gasteiger partial charge in [0.2, 0.25) is 17.7 Å². The van der Waals surface area contributed by atoms with Crippen molar-refractivity contribution in [2.45, 2.75) is 19.3 Å². The number of carbonyl (C=O) groups is 3. The molecule has 0 radical (unpaired) electrons. The number of hydrogen-bond acceptors (Lipinski definition) is 3. The second-order valence-electron chi connectivity index (χ2n) is 6.70. The molecule has 1 aromatic carbocycles. The number of anilines is 1. The van der Waals surface area contributed by atoms with Crippen LogP contribution in [0, 0.1) is 29.5 Å². The molecule has 23 heavy (non-hydrogen) atoms. The highest BCUT2D eigenvalue weighted by Crippen LogP contribution is 2.56. The summed E-state index contributed by atoms with van der Waals surface area (Å²) in [5, 5.41) is 2.59. The van der Waals surface area contributed by atoms with Crippen molar-refractivity contribution >= 4 is 23.4 Å². The highest BCUT2D eigenvalue weighted by Gasteiger charge is 2.60. The van der Waals surface area contributed by atoms with Crippen LogP contribution in [0.1, 0.15) is 19.3 Å². The molecule has 3 aliphatic rings. The van der Waals surface area contributed by atoms with Crippen LogP contribution in [0.3, 0.4) is 0 Å². The van der Waals surface area contributed by atoms with Crippen molar-refractivity contribution < 1.29 is 18.8 Å². The number of fused-ring (bicyclic) bond motifs is 5. The van der Waals surface area contributed by atoms with E-state index in [-0.39, 0.29) is 30.2 Å². The molecule has 2 bridgehead atoms. The molecule has 1 aliphatic heterocycles. The van der Waals surface area contributed by atoms with E-state index in [0.29, 0.717) is 17.5 Å². The predicted molar refractivity (Wildman–Crippen MR) is 79.6 cm³/mol. The van der Waals surface area contributed by atoms with Crippen LogP contribution in [0.5, 0.6) is 0 Å². The molecule has 6 heteroatoms. The van der Waals surface area contributed by atoms with Gasteiger partial charge in [-0.05, 0) is 55.4 Å². The summed E-state index contributed by atoms with van der Waals surface area (Å²) in [6, 6.07) is 5.36. The maximum atomic E-state index is 12.9. The zero-order valence-corrected chi connectivity index (χ0v) is 12.5. The first-order valence-electron chi connectivity index (χ1n) is 7.95. The minimum absolute atomic E-state index is 0.193. The smallest absolute Gasteiger partial charge is 0.244 e. The zero-order chi connectivity index (χ0) is 16.1. The molecule has 2 aliphatic carbocycles. The summed E-state index contributed by atoms with van der Waals surface area (Å²) in [6.45, 7) is -0.262. The van der Waals surface area contributed by atoms with Crippen LogP contribution in [0.25, 0.3) is 0 Å². The molecule has 4 rings (SSSR count). The molecule has 1 aromatic rings. The Morgan fingerprint density at radius 2 is 1.65 bits per heavy atom. The summed E-state index contributed by atoms with van der Waals surface area (Å²) in [6.07, 6.45) is 3.00. The number of halogens is 1. The van der Waals surface area contributed by atoms with Gasteiger partial charge < -0.3 is 5.32 Å². The van der Waals surface area contributed by atoms with Crippen LogP contribution >= 0.6 is 0 Å². The van der Waals surface area contributed by atoms with Gasteiger partial charge in [-0.15, -0.1) is 0 Å². The minimum atomic E-state index is -0.439. The van der Waals surface area contributed by atoms with Crippen LogP contribution in [0.4, 0.5) is 10.1 Å². The number of hydrogen-bond donors (Lipinski definition) is 1. The minimum Gasteiger partial charge on any atom is -0.325 e. The van der Waals surface area contributed by atoms with Gasteiger partial charge in [-0.25, -0.2) is 4.39 Å². The number of nitrogens with zero attached hydrogens (tertiary/aromatic N) is 1. The molecule has 0 unspecified atom stereocenters. The summed E-state index contributed by atoms with van der Waals surface area (Å²) in [7, 11) is 0. The van der Waals surface area contributed by atoms with Crippen LogP contribution in [-0.2, 0) is 14.4 Å². The number of rotatable bonds is 3. The molecule has 1 heterocycles. The van der Waals surface area contributed by atoms with E-state index in [1.54, 1.807) is 0 Å². The molecule has 4 atom stereocenters. The predicted octanol–water partition coefficient (Wildman–Crippen LogP) is 1.80.